The Hall–Kier alpha value is -1.41. The van der Waals surface area contributed by atoms with E-state index in [-0.39, 0.29) is 6.54 Å². The van der Waals surface area contributed by atoms with E-state index >= 15 is 0 Å². The zero-order valence-corrected chi connectivity index (χ0v) is 10.0. The molecule has 0 spiro atoms. The van der Waals surface area contributed by atoms with Gasteiger partial charge in [-0.3, -0.25) is 9.36 Å². The van der Waals surface area contributed by atoms with Gasteiger partial charge in [-0.25, -0.2) is 17.9 Å². The monoisotopic (exact) mass is 247 g/mol. The smallest absolute Gasteiger partial charge is 0.302 e. The van der Waals surface area contributed by atoms with Crippen molar-refractivity contribution >= 4 is 10.0 Å². The second-order valence-electron chi connectivity index (χ2n) is 3.25. The van der Waals surface area contributed by atoms with Gasteiger partial charge in [-0.2, -0.15) is 0 Å². The highest BCUT2D eigenvalue weighted by molar-refractivity contribution is 7.89. The van der Waals surface area contributed by atoms with Crippen LogP contribution in [0.5, 0.6) is 0 Å². The van der Waals surface area contributed by atoms with Gasteiger partial charge in [0, 0.05) is 26.8 Å². The third kappa shape index (κ3) is 2.07. The molecule has 0 aromatic carbocycles. The number of aryl methyl sites for hydroxylation is 1. The summed E-state index contributed by atoms with van der Waals surface area (Å²) in [5.74, 6) is 0. The third-order valence-corrected chi connectivity index (χ3v) is 3.57. The minimum atomic E-state index is -3.85. The summed E-state index contributed by atoms with van der Waals surface area (Å²) >= 11 is 0. The van der Waals surface area contributed by atoms with Gasteiger partial charge in [0.05, 0.1) is 0 Å². The molecule has 0 aliphatic carbocycles. The average Bonchev–Trinajstić information content (AvgIpc) is 2.20. The van der Waals surface area contributed by atoms with Gasteiger partial charge in [0.2, 0.25) is 10.0 Å². The predicted molar refractivity (Wildman–Crippen MR) is 57.8 cm³/mol. The van der Waals surface area contributed by atoms with E-state index in [1.165, 1.54) is 14.1 Å². The Morgan fingerprint density at radius 3 is 2.38 bits per heavy atom. The third-order valence-electron chi connectivity index (χ3n) is 2.04. The number of nitrogens with zero attached hydrogens (tertiary/aromatic N) is 2. The zero-order valence-electron chi connectivity index (χ0n) is 9.22. The zero-order chi connectivity index (χ0) is 12.5. The first kappa shape index (κ1) is 12.7. The van der Waals surface area contributed by atoms with Gasteiger partial charge in [-0.15, -0.1) is 0 Å². The van der Waals surface area contributed by atoms with Crippen LogP contribution in [0.25, 0.3) is 0 Å². The molecule has 1 rings (SSSR count). The predicted octanol–water partition coefficient (Wildman–Crippen LogP) is -1.62. The molecule has 0 amide bonds. The van der Waals surface area contributed by atoms with E-state index in [2.05, 4.69) is 4.72 Å². The van der Waals surface area contributed by atoms with Gasteiger partial charge < -0.3 is 4.57 Å². The summed E-state index contributed by atoms with van der Waals surface area (Å²) in [5.41, 5.74) is -1.40. The number of hydrogen-bond acceptors (Lipinski definition) is 4. The first-order valence-corrected chi connectivity index (χ1v) is 6.06. The van der Waals surface area contributed by atoms with Crippen molar-refractivity contribution in [3.05, 3.63) is 27.0 Å². The Balaban J connectivity index is 3.62. The van der Waals surface area contributed by atoms with Crippen LogP contribution >= 0.6 is 0 Å². The first-order valence-electron chi connectivity index (χ1n) is 4.57. The summed E-state index contributed by atoms with van der Waals surface area (Å²) in [5, 5.41) is 0. The maximum absolute atomic E-state index is 11.6. The van der Waals surface area contributed by atoms with Crippen molar-refractivity contribution in [1.82, 2.24) is 13.9 Å². The maximum Gasteiger partial charge on any atom is 0.330 e. The van der Waals surface area contributed by atoms with Crippen LogP contribution in [0.1, 0.15) is 6.92 Å². The van der Waals surface area contributed by atoms with Crippen molar-refractivity contribution in [3.8, 4) is 0 Å². The highest BCUT2D eigenvalue weighted by Gasteiger charge is 2.19. The molecular weight excluding hydrogens is 234 g/mol. The van der Waals surface area contributed by atoms with Crippen LogP contribution in [0.4, 0.5) is 0 Å². The summed E-state index contributed by atoms with van der Waals surface area (Å²) in [4.78, 5) is 22.5. The van der Waals surface area contributed by atoms with Crippen LogP contribution in [0.2, 0.25) is 0 Å². The summed E-state index contributed by atoms with van der Waals surface area (Å²) in [6, 6.07) is 0. The second-order valence-corrected chi connectivity index (χ2v) is 4.99. The van der Waals surface area contributed by atoms with Gasteiger partial charge >= 0.3 is 5.69 Å². The summed E-state index contributed by atoms with van der Waals surface area (Å²) in [6.07, 6.45) is 1.02. The van der Waals surface area contributed by atoms with Crippen LogP contribution in [-0.2, 0) is 24.1 Å². The molecule has 1 aromatic heterocycles. The molecular formula is C8H13N3O4S. The average molecular weight is 247 g/mol. The van der Waals surface area contributed by atoms with E-state index in [1.807, 2.05) is 0 Å². The molecule has 8 heteroatoms. The lowest BCUT2D eigenvalue weighted by atomic mass is 10.6. The Kier molecular flexibility index (Phi) is 3.34. The number of nitrogens with one attached hydrogen (secondary N) is 1. The fraction of sp³-hybridized carbons (Fsp3) is 0.500. The molecule has 0 saturated heterocycles. The molecule has 0 atom stereocenters. The summed E-state index contributed by atoms with van der Waals surface area (Å²) in [6.45, 7) is 1.78. The highest BCUT2D eigenvalue weighted by atomic mass is 32.2. The van der Waals surface area contributed by atoms with Crippen molar-refractivity contribution in [2.75, 3.05) is 6.54 Å². The fourth-order valence-electron chi connectivity index (χ4n) is 1.23. The van der Waals surface area contributed by atoms with E-state index in [1.54, 1.807) is 6.92 Å². The normalized spacial score (nSPS) is 11.7. The second kappa shape index (κ2) is 4.22. The topological polar surface area (TPSA) is 90.2 Å². The Bertz CT molecular complexity index is 611. The molecule has 0 unspecified atom stereocenters. The van der Waals surface area contributed by atoms with Crippen molar-refractivity contribution in [1.29, 1.82) is 0 Å². The molecule has 0 aliphatic rings. The number of sulfonamides is 1. The van der Waals surface area contributed by atoms with E-state index in [0.717, 1.165) is 15.3 Å². The van der Waals surface area contributed by atoms with Crippen LogP contribution < -0.4 is 16.0 Å². The van der Waals surface area contributed by atoms with Crippen molar-refractivity contribution in [2.24, 2.45) is 14.1 Å². The lowest BCUT2D eigenvalue weighted by Crippen LogP contribution is -2.41. The maximum atomic E-state index is 11.6. The van der Waals surface area contributed by atoms with E-state index < -0.39 is 26.2 Å². The lowest BCUT2D eigenvalue weighted by Gasteiger charge is -2.07. The lowest BCUT2D eigenvalue weighted by molar-refractivity contribution is 0.573. The van der Waals surface area contributed by atoms with Crippen LogP contribution in [0, 0.1) is 0 Å². The van der Waals surface area contributed by atoms with Gasteiger partial charge in [-0.1, -0.05) is 6.92 Å². The van der Waals surface area contributed by atoms with Crippen LogP contribution in [0.15, 0.2) is 20.7 Å². The molecule has 0 fully saturated rings. The molecule has 90 valence electrons. The van der Waals surface area contributed by atoms with Crippen LogP contribution in [-0.4, -0.2) is 24.1 Å². The Labute approximate surface area is 92.4 Å². The molecule has 0 radical (unpaired) electrons. The van der Waals surface area contributed by atoms with Gasteiger partial charge in [0.15, 0.2) is 4.90 Å². The molecule has 1 heterocycles. The number of rotatable bonds is 3. The van der Waals surface area contributed by atoms with Crippen molar-refractivity contribution in [2.45, 2.75) is 11.8 Å². The Morgan fingerprint density at radius 1 is 1.31 bits per heavy atom. The SMILES string of the molecule is CCNS(=O)(=O)c1cn(C)c(=O)n(C)c1=O. The minimum Gasteiger partial charge on any atom is -0.302 e. The number of aromatic nitrogens is 2. The van der Waals surface area contributed by atoms with Crippen molar-refractivity contribution in [3.63, 3.8) is 0 Å². The van der Waals surface area contributed by atoms with Gasteiger partial charge in [0.1, 0.15) is 0 Å². The first-order chi connectivity index (χ1) is 7.31. The summed E-state index contributed by atoms with van der Waals surface area (Å²) < 4.78 is 27.3. The van der Waals surface area contributed by atoms with Crippen LogP contribution in [0.3, 0.4) is 0 Å². The molecule has 1 N–H and O–H groups in total. The highest BCUT2D eigenvalue weighted by Crippen LogP contribution is 1.98. The Morgan fingerprint density at radius 2 is 1.88 bits per heavy atom. The molecule has 0 bridgehead atoms. The molecule has 16 heavy (non-hydrogen) atoms. The van der Waals surface area contributed by atoms with E-state index in [9.17, 15) is 18.0 Å². The molecule has 0 saturated carbocycles. The quantitative estimate of drug-likeness (QED) is 0.695. The van der Waals surface area contributed by atoms with E-state index in [4.69, 9.17) is 0 Å². The molecule has 1 aromatic rings. The van der Waals surface area contributed by atoms with E-state index in [0.29, 0.717) is 0 Å². The minimum absolute atomic E-state index is 0.175. The molecule has 7 nitrogen and oxygen atoms in total. The van der Waals surface area contributed by atoms with Crippen molar-refractivity contribution < 1.29 is 8.42 Å². The number of hydrogen-bond donors (Lipinski definition) is 1. The molecule has 0 aliphatic heterocycles. The fourth-order valence-corrected chi connectivity index (χ4v) is 2.43. The summed E-state index contributed by atoms with van der Waals surface area (Å²) in [7, 11) is -1.23. The van der Waals surface area contributed by atoms with Gasteiger partial charge in [-0.05, 0) is 0 Å². The van der Waals surface area contributed by atoms with Gasteiger partial charge in [0.25, 0.3) is 5.56 Å². The standard InChI is InChI=1S/C8H13N3O4S/c1-4-9-16(14,15)6-5-10(2)8(13)11(3)7(6)12/h5,9H,4H2,1-3H3. The largest absolute Gasteiger partial charge is 0.330 e.